The second-order valence-corrected chi connectivity index (χ2v) is 14.2. The van der Waals surface area contributed by atoms with Gasteiger partial charge in [-0.05, 0) is 61.9 Å². The number of allylic oxidation sites excluding steroid dienone is 2. The third kappa shape index (κ3) is 7.46. The van der Waals surface area contributed by atoms with Crippen molar-refractivity contribution < 1.29 is 18.6 Å². The first-order chi connectivity index (χ1) is 15.1. The zero-order valence-corrected chi connectivity index (χ0v) is 22.3. The lowest BCUT2D eigenvalue weighted by atomic mass is 9.98. The van der Waals surface area contributed by atoms with Gasteiger partial charge in [-0.25, -0.2) is 0 Å². The summed E-state index contributed by atoms with van der Waals surface area (Å²) in [4.78, 5) is 0. The number of hydrogen-bond donors (Lipinski definition) is 0. The molecule has 0 aliphatic rings. The van der Waals surface area contributed by atoms with Gasteiger partial charge in [0.15, 0.2) is 19.8 Å². The summed E-state index contributed by atoms with van der Waals surface area (Å²) in [6, 6.07) is 2.02. The number of hydrogen-bond acceptors (Lipinski definition) is 4. The summed E-state index contributed by atoms with van der Waals surface area (Å²) in [5.74, 6) is 4.77. The van der Waals surface area contributed by atoms with Gasteiger partial charge in [-0.1, -0.05) is 44.9 Å². The van der Waals surface area contributed by atoms with E-state index in [0.29, 0.717) is 17.2 Å². The summed E-state index contributed by atoms with van der Waals surface area (Å²) in [6.45, 7) is 14.9. The molecule has 1 aromatic carbocycles. The molecule has 0 saturated heterocycles. The normalized spacial score (nSPS) is 13.0. The Morgan fingerprint density at radius 3 is 2.25 bits per heavy atom. The first kappa shape index (κ1) is 27.9. The Bertz CT molecular complexity index is 812. The van der Waals surface area contributed by atoms with Gasteiger partial charge in [0, 0.05) is 5.56 Å². The molecule has 0 bridgehead atoms. The van der Waals surface area contributed by atoms with Crippen LogP contribution < -0.4 is 14.2 Å². The Balaban J connectivity index is 3.25. The second-order valence-electron chi connectivity index (χ2n) is 9.41. The summed E-state index contributed by atoms with van der Waals surface area (Å²) in [7, 11) is 2.95. The number of methoxy groups -OCH3 is 3. The minimum atomic E-state index is -1.96. The van der Waals surface area contributed by atoms with Gasteiger partial charge in [0.05, 0.1) is 21.3 Å². The molecule has 0 aromatic heterocycles. The van der Waals surface area contributed by atoms with E-state index in [2.05, 4.69) is 58.5 Å². The summed E-state index contributed by atoms with van der Waals surface area (Å²) in [5.41, 5.74) is 2.09. The fourth-order valence-electron chi connectivity index (χ4n) is 3.20. The highest BCUT2D eigenvalue weighted by atomic mass is 28.4. The van der Waals surface area contributed by atoms with Crippen LogP contribution in [0.1, 0.15) is 57.6 Å². The molecule has 178 valence electrons. The lowest BCUT2D eigenvalue weighted by molar-refractivity contribution is 0.224. The molecule has 0 saturated carbocycles. The van der Waals surface area contributed by atoms with E-state index in [1.165, 1.54) is 0 Å². The van der Waals surface area contributed by atoms with Gasteiger partial charge < -0.3 is 18.6 Å². The maximum atomic E-state index is 6.48. The average Bonchev–Trinajstić information content (AvgIpc) is 2.74. The summed E-state index contributed by atoms with van der Waals surface area (Å²) < 4.78 is 23.4. The molecule has 0 aliphatic heterocycles. The molecule has 1 atom stereocenters. The van der Waals surface area contributed by atoms with Crippen molar-refractivity contribution in [2.45, 2.75) is 77.1 Å². The standard InChI is InChI=1S/C27H42O4Si/c1-11-13-14-15-16-17-23-21(20-24(28-6)26(30-8)25(23)29-7)18-19-22(12-2)31-32(9,10)27(3,4)5/h2,11,16-17,20,22H,1,13-15,18-19H2,3-10H3/b17-16+. The van der Waals surface area contributed by atoms with E-state index in [4.69, 9.17) is 25.1 Å². The lowest BCUT2D eigenvalue weighted by Gasteiger charge is -2.38. The Kier molecular flexibility index (Phi) is 11.1. The third-order valence-electron chi connectivity index (χ3n) is 6.12. The zero-order chi connectivity index (χ0) is 24.4. The van der Waals surface area contributed by atoms with Crippen LogP contribution in [0.25, 0.3) is 6.08 Å². The molecule has 5 heteroatoms. The van der Waals surface area contributed by atoms with Gasteiger partial charge in [-0.3, -0.25) is 0 Å². The Hall–Kier alpha value is -2.16. The quantitative estimate of drug-likeness (QED) is 0.137. The SMILES string of the molecule is C#CC(CCc1cc(OC)c(OC)c(OC)c1/C=C/CCCC=C)O[Si](C)(C)C(C)(C)C. The Morgan fingerprint density at radius 2 is 1.75 bits per heavy atom. The number of aryl methyl sites for hydroxylation is 1. The van der Waals surface area contributed by atoms with Crippen LogP contribution >= 0.6 is 0 Å². The van der Waals surface area contributed by atoms with Crippen LogP contribution in [0.4, 0.5) is 0 Å². The highest BCUT2D eigenvalue weighted by molar-refractivity contribution is 6.74. The van der Waals surface area contributed by atoms with Crippen molar-refractivity contribution in [3.63, 3.8) is 0 Å². The molecule has 1 unspecified atom stereocenters. The molecule has 32 heavy (non-hydrogen) atoms. The first-order valence-electron chi connectivity index (χ1n) is 11.3. The number of unbranched alkanes of at least 4 members (excludes halogenated alkanes) is 2. The molecule has 0 spiro atoms. The van der Waals surface area contributed by atoms with Crippen LogP contribution in [0, 0.1) is 12.3 Å². The highest BCUT2D eigenvalue weighted by Gasteiger charge is 2.38. The first-order valence-corrected chi connectivity index (χ1v) is 14.2. The average molecular weight is 459 g/mol. The van der Waals surface area contributed by atoms with E-state index in [-0.39, 0.29) is 11.1 Å². The van der Waals surface area contributed by atoms with Crippen LogP contribution in [0.3, 0.4) is 0 Å². The molecule has 0 radical (unpaired) electrons. The zero-order valence-electron chi connectivity index (χ0n) is 21.3. The monoisotopic (exact) mass is 458 g/mol. The molecule has 0 amide bonds. The molecule has 0 N–H and O–H groups in total. The van der Waals surface area contributed by atoms with E-state index >= 15 is 0 Å². The van der Waals surface area contributed by atoms with Gasteiger partial charge in [-0.15, -0.1) is 13.0 Å². The van der Waals surface area contributed by atoms with Crippen LogP contribution in [0.15, 0.2) is 24.8 Å². The fourth-order valence-corrected chi connectivity index (χ4v) is 4.45. The Labute approximate surface area is 197 Å². The topological polar surface area (TPSA) is 36.9 Å². The number of benzene rings is 1. The number of ether oxygens (including phenoxy) is 3. The predicted molar refractivity (Wildman–Crippen MR) is 138 cm³/mol. The maximum Gasteiger partial charge on any atom is 0.203 e. The van der Waals surface area contributed by atoms with Crippen LogP contribution in [0.5, 0.6) is 17.2 Å². The summed E-state index contributed by atoms with van der Waals surface area (Å²) >= 11 is 0. The van der Waals surface area contributed by atoms with Crippen molar-refractivity contribution in [2.24, 2.45) is 0 Å². The Morgan fingerprint density at radius 1 is 1.09 bits per heavy atom. The third-order valence-corrected chi connectivity index (χ3v) is 10.6. The second kappa shape index (κ2) is 12.8. The molecule has 4 nitrogen and oxygen atoms in total. The van der Waals surface area contributed by atoms with Crippen molar-refractivity contribution in [1.29, 1.82) is 0 Å². The van der Waals surface area contributed by atoms with Crippen molar-refractivity contribution in [1.82, 2.24) is 0 Å². The van der Waals surface area contributed by atoms with Gasteiger partial charge in [0.2, 0.25) is 5.75 Å². The lowest BCUT2D eigenvalue weighted by Crippen LogP contribution is -2.43. The molecule has 0 heterocycles. The summed E-state index contributed by atoms with van der Waals surface area (Å²) in [6.07, 6.45) is 16.3. The summed E-state index contributed by atoms with van der Waals surface area (Å²) in [5, 5.41) is 0.105. The van der Waals surface area contributed by atoms with Gasteiger partial charge in [-0.2, -0.15) is 0 Å². The minimum Gasteiger partial charge on any atom is -0.493 e. The van der Waals surface area contributed by atoms with Crippen molar-refractivity contribution >= 4 is 14.4 Å². The molecule has 1 rings (SSSR count). The number of rotatable bonds is 13. The van der Waals surface area contributed by atoms with Crippen LogP contribution in [-0.4, -0.2) is 35.8 Å². The van der Waals surface area contributed by atoms with Crippen LogP contribution in [-0.2, 0) is 10.8 Å². The maximum absolute atomic E-state index is 6.48. The van der Waals surface area contributed by atoms with Crippen molar-refractivity contribution in [3.8, 4) is 29.6 Å². The van der Waals surface area contributed by atoms with Crippen LogP contribution in [0.2, 0.25) is 18.1 Å². The van der Waals surface area contributed by atoms with E-state index in [1.807, 2.05) is 12.1 Å². The van der Waals surface area contributed by atoms with E-state index in [0.717, 1.165) is 43.2 Å². The molecule has 0 fully saturated rings. The molecule has 1 aromatic rings. The fraction of sp³-hybridized carbons (Fsp3) is 0.556. The molecular formula is C27H42O4Si. The minimum absolute atomic E-state index is 0.105. The largest absolute Gasteiger partial charge is 0.493 e. The van der Waals surface area contributed by atoms with Gasteiger partial charge in [0.25, 0.3) is 0 Å². The van der Waals surface area contributed by atoms with Gasteiger partial charge in [0.1, 0.15) is 6.10 Å². The van der Waals surface area contributed by atoms with E-state index < -0.39 is 8.32 Å². The van der Waals surface area contributed by atoms with Crippen molar-refractivity contribution in [2.75, 3.05) is 21.3 Å². The smallest absolute Gasteiger partial charge is 0.203 e. The molecule has 0 aliphatic carbocycles. The highest BCUT2D eigenvalue weighted by Crippen LogP contribution is 2.43. The predicted octanol–water partition coefficient (Wildman–Crippen LogP) is 7.04. The van der Waals surface area contributed by atoms with Crippen molar-refractivity contribution in [3.05, 3.63) is 35.9 Å². The van der Waals surface area contributed by atoms with Gasteiger partial charge >= 0.3 is 0 Å². The van der Waals surface area contributed by atoms with E-state index in [1.54, 1.807) is 21.3 Å². The van der Waals surface area contributed by atoms with E-state index in [9.17, 15) is 0 Å². The number of terminal acetylenes is 1. The molecular weight excluding hydrogens is 416 g/mol.